The van der Waals surface area contributed by atoms with E-state index in [0.717, 1.165) is 0 Å². The largest absolute Gasteiger partial charge is 0.336 e. The number of nitrogens with zero attached hydrogens (tertiary/aromatic N) is 1. The predicted octanol–water partition coefficient (Wildman–Crippen LogP) is 3.31. The average Bonchev–Trinajstić information content (AvgIpc) is 3.12. The van der Waals surface area contributed by atoms with Crippen molar-refractivity contribution < 1.29 is 13.2 Å². The van der Waals surface area contributed by atoms with E-state index in [1.807, 2.05) is 19.9 Å². The van der Waals surface area contributed by atoms with Gasteiger partial charge < -0.3 is 10.2 Å². The minimum absolute atomic E-state index is 0.0413. The second kappa shape index (κ2) is 8.30. The molecule has 1 unspecified atom stereocenters. The number of carbonyl (C=O) groups is 1. The number of hydrogen-bond acceptors (Lipinski definition) is 4. The number of rotatable bonds is 7. The summed E-state index contributed by atoms with van der Waals surface area (Å²) >= 11 is 1.19. The van der Waals surface area contributed by atoms with Gasteiger partial charge >= 0.3 is 6.03 Å². The molecule has 0 aliphatic heterocycles. The summed E-state index contributed by atoms with van der Waals surface area (Å²) in [6.07, 6.45) is 0. The van der Waals surface area contributed by atoms with Crippen molar-refractivity contribution in [3.8, 4) is 0 Å². The first-order valence-electron chi connectivity index (χ1n) is 7.85. The van der Waals surface area contributed by atoms with E-state index in [9.17, 15) is 13.2 Å². The van der Waals surface area contributed by atoms with Crippen LogP contribution in [0.25, 0.3) is 0 Å². The maximum atomic E-state index is 13.0. The lowest BCUT2D eigenvalue weighted by atomic mass is 10.1. The average molecular weight is 367 g/mol. The summed E-state index contributed by atoms with van der Waals surface area (Å²) in [7, 11) is -3.56. The standard InChI is InChI=1S/C17H22N2O3S2/c1-3-19(4-2)17(20)18-13-15(14-9-6-5-7-10-14)24(21,22)16-11-8-12-23-16/h5-12,15H,3-4,13H2,1-2H3,(H,18,20). The third-order valence-corrected chi connectivity index (χ3v) is 7.34. The molecule has 5 nitrogen and oxygen atoms in total. The van der Waals surface area contributed by atoms with Gasteiger partial charge in [-0.05, 0) is 30.9 Å². The highest BCUT2D eigenvalue weighted by molar-refractivity contribution is 7.93. The molecule has 1 atom stereocenters. The fourth-order valence-electron chi connectivity index (χ4n) is 2.44. The lowest BCUT2D eigenvalue weighted by molar-refractivity contribution is 0.203. The molecule has 0 spiro atoms. The fourth-order valence-corrected chi connectivity index (χ4v) is 5.31. The van der Waals surface area contributed by atoms with Crippen LogP contribution < -0.4 is 5.32 Å². The third kappa shape index (κ3) is 4.15. The van der Waals surface area contributed by atoms with Crippen LogP contribution in [0.1, 0.15) is 24.7 Å². The van der Waals surface area contributed by atoms with E-state index in [0.29, 0.717) is 22.9 Å². The van der Waals surface area contributed by atoms with Crippen molar-refractivity contribution >= 4 is 27.2 Å². The predicted molar refractivity (Wildman–Crippen MR) is 97.0 cm³/mol. The van der Waals surface area contributed by atoms with Crippen LogP contribution in [0.4, 0.5) is 4.79 Å². The molecule has 2 amide bonds. The number of amides is 2. The molecule has 0 aliphatic rings. The van der Waals surface area contributed by atoms with Gasteiger partial charge in [0.25, 0.3) is 0 Å². The van der Waals surface area contributed by atoms with Crippen LogP contribution in [0.2, 0.25) is 0 Å². The number of benzene rings is 1. The van der Waals surface area contributed by atoms with E-state index in [1.54, 1.807) is 46.7 Å². The molecule has 0 fully saturated rings. The zero-order valence-corrected chi connectivity index (χ0v) is 15.4. The molecule has 0 radical (unpaired) electrons. The Morgan fingerprint density at radius 2 is 1.79 bits per heavy atom. The molecule has 2 rings (SSSR count). The number of carbonyl (C=O) groups excluding carboxylic acids is 1. The van der Waals surface area contributed by atoms with Gasteiger partial charge in [0.05, 0.1) is 0 Å². The second-order valence-electron chi connectivity index (χ2n) is 5.23. The lowest BCUT2D eigenvalue weighted by Crippen LogP contribution is -2.42. The minimum Gasteiger partial charge on any atom is -0.336 e. The van der Waals surface area contributed by atoms with Crippen LogP contribution >= 0.6 is 11.3 Å². The van der Waals surface area contributed by atoms with Gasteiger partial charge in [0.15, 0.2) is 9.84 Å². The smallest absolute Gasteiger partial charge is 0.317 e. The van der Waals surface area contributed by atoms with E-state index in [2.05, 4.69) is 5.32 Å². The van der Waals surface area contributed by atoms with E-state index in [1.165, 1.54) is 11.3 Å². The van der Waals surface area contributed by atoms with Crippen molar-refractivity contribution in [2.75, 3.05) is 19.6 Å². The zero-order chi connectivity index (χ0) is 17.6. The van der Waals surface area contributed by atoms with Crippen LogP contribution in [0.15, 0.2) is 52.1 Å². The Labute approximate surface area is 147 Å². The quantitative estimate of drug-likeness (QED) is 0.817. The van der Waals surface area contributed by atoms with Crippen LogP contribution in [0, 0.1) is 0 Å². The summed E-state index contributed by atoms with van der Waals surface area (Å²) in [5.41, 5.74) is 0.672. The summed E-state index contributed by atoms with van der Waals surface area (Å²) in [4.78, 5) is 13.8. The number of sulfone groups is 1. The molecule has 1 aromatic heterocycles. The lowest BCUT2D eigenvalue weighted by Gasteiger charge is -2.22. The fraction of sp³-hybridized carbons (Fsp3) is 0.353. The molecular formula is C17H22N2O3S2. The normalized spacial score (nSPS) is 12.6. The van der Waals surface area contributed by atoms with E-state index < -0.39 is 15.1 Å². The Bertz CT molecular complexity index is 739. The molecule has 0 aliphatic carbocycles. The molecule has 1 N–H and O–H groups in total. The molecule has 2 aromatic rings. The van der Waals surface area contributed by atoms with Gasteiger partial charge in [0, 0.05) is 19.6 Å². The minimum atomic E-state index is -3.56. The van der Waals surface area contributed by atoms with Crippen LogP contribution in [-0.2, 0) is 9.84 Å². The molecule has 0 saturated heterocycles. The Kier molecular flexibility index (Phi) is 6.39. The number of urea groups is 1. The van der Waals surface area contributed by atoms with Crippen molar-refractivity contribution in [1.29, 1.82) is 0 Å². The summed E-state index contributed by atoms with van der Waals surface area (Å²) in [5.74, 6) is 0. The van der Waals surface area contributed by atoms with Gasteiger partial charge in [0.2, 0.25) is 0 Å². The van der Waals surface area contributed by atoms with Crippen LogP contribution in [-0.4, -0.2) is 39.0 Å². The second-order valence-corrected chi connectivity index (χ2v) is 8.54. The monoisotopic (exact) mass is 366 g/mol. The number of thiophene rings is 1. The van der Waals surface area contributed by atoms with Gasteiger partial charge in [-0.25, -0.2) is 13.2 Å². The topological polar surface area (TPSA) is 66.5 Å². The highest BCUT2D eigenvalue weighted by Gasteiger charge is 2.30. The molecule has 0 bridgehead atoms. The van der Waals surface area contributed by atoms with Crippen molar-refractivity contribution in [1.82, 2.24) is 10.2 Å². The van der Waals surface area contributed by atoms with Crippen LogP contribution in [0.5, 0.6) is 0 Å². The van der Waals surface area contributed by atoms with E-state index >= 15 is 0 Å². The van der Waals surface area contributed by atoms with Gasteiger partial charge in [-0.3, -0.25) is 0 Å². The third-order valence-electron chi connectivity index (χ3n) is 3.81. The first-order chi connectivity index (χ1) is 11.5. The molecule has 1 aromatic carbocycles. The van der Waals surface area contributed by atoms with Crippen molar-refractivity contribution in [2.45, 2.75) is 23.3 Å². The summed E-state index contributed by atoms with van der Waals surface area (Å²) in [6, 6.07) is 12.1. The Balaban J connectivity index is 2.27. The Morgan fingerprint density at radius 3 is 2.33 bits per heavy atom. The maximum absolute atomic E-state index is 13.0. The van der Waals surface area contributed by atoms with Gasteiger partial charge in [-0.15, -0.1) is 11.3 Å². The Morgan fingerprint density at radius 1 is 1.12 bits per heavy atom. The molecular weight excluding hydrogens is 344 g/mol. The Hall–Kier alpha value is -1.86. The van der Waals surface area contributed by atoms with E-state index in [-0.39, 0.29) is 12.6 Å². The summed E-state index contributed by atoms with van der Waals surface area (Å²) in [5, 5.41) is 3.69. The SMILES string of the molecule is CCN(CC)C(=O)NCC(c1ccccc1)S(=O)(=O)c1cccs1. The van der Waals surface area contributed by atoms with E-state index in [4.69, 9.17) is 0 Å². The number of hydrogen-bond donors (Lipinski definition) is 1. The summed E-state index contributed by atoms with van der Waals surface area (Å²) < 4.78 is 26.2. The highest BCUT2D eigenvalue weighted by atomic mass is 32.2. The first kappa shape index (κ1) is 18.5. The molecule has 1 heterocycles. The zero-order valence-electron chi connectivity index (χ0n) is 13.8. The number of nitrogens with one attached hydrogen (secondary N) is 1. The highest BCUT2D eigenvalue weighted by Crippen LogP contribution is 2.31. The molecule has 7 heteroatoms. The first-order valence-corrected chi connectivity index (χ1v) is 10.3. The maximum Gasteiger partial charge on any atom is 0.317 e. The van der Waals surface area contributed by atoms with Gasteiger partial charge in [-0.2, -0.15) is 0 Å². The van der Waals surface area contributed by atoms with Crippen molar-refractivity contribution in [2.24, 2.45) is 0 Å². The summed E-state index contributed by atoms with van der Waals surface area (Å²) in [6.45, 7) is 4.98. The van der Waals surface area contributed by atoms with Crippen LogP contribution in [0.3, 0.4) is 0 Å². The molecule has 24 heavy (non-hydrogen) atoms. The van der Waals surface area contributed by atoms with Gasteiger partial charge in [0.1, 0.15) is 9.46 Å². The van der Waals surface area contributed by atoms with Crippen molar-refractivity contribution in [3.05, 3.63) is 53.4 Å². The molecule has 0 saturated carbocycles. The van der Waals surface area contributed by atoms with Crippen molar-refractivity contribution in [3.63, 3.8) is 0 Å². The molecule has 130 valence electrons. The van der Waals surface area contributed by atoms with Gasteiger partial charge in [-0.1, -0.05) is 36.4 Å².